The number of hydrogen-bond donors (Lipinski definition) is 2. The molecule has 3 heteroatoms. The Balaban J connectivity index is 2.76. The first-order chi connectivity index (χ1) is 5.76. The molecule has 0 heterocycles. The van der Waals surface area contributed by atoms with Crippen LogP contribution < -0.4 is 10.6 Å². The van der Waals surface area contributed by atoms with E-state index >= 15 is 0 Å². The van der Waals surface area contributed by atoms with E-state index < -0.39 is 0 Å². The average Bonchev–Trinajstić information content (AvgIpc) is 2.18. The first kappa shape index (κ1) is 8.98. The van der Waals surface area contributed by atoms with Crippen LogP contribution in [-0.2, 0) is 0 Å². The minimum absolute atomic E-state index is 0.166. The van der Waals surface area contributed by atoms with Gasteiger partial charge in [0.2, 0.25) is 0 Å². The molecule has 1 aliphatic rings. The topological polar surface area (TPSA) is 47.8 Å². The fourth-order valence-corrected chi connectivity index (χ4v) is 1.22. The van der Waals surface area contributed by atoms with Gasteiger partial charge in [0.25, 0.3) is 0 Å². The standard InChI is InChI=1S/C9H13N3/c1-11-9(12-2)5-3-8(7-10)4-6-9/h3-5,11-12H,6H2,1-2H3. The Morgan fingerprint density at radius 1 is 1.50 bits per heavy atom. The number of hydrogen-bond acceptors (Lipinski definition) is 3. The van der Waals surface area contributed by atoms with Crippen LogP contribution in [0.1, 0.15) is 6.42 Å². The van der Waals surface area contributed by atoms with Crippen molar-refractivity contribution in [2.45, 2.75) is 12.1 Å². The van der Waals surface area contributed by atoms with Gasteiger partial charge in [-0.1, -0.05) is 6.08 Å². The predicted molar refractivity (Wildman–Crippen MR) is 48.3 cm³/mol. The highest BCUT2D eigenvalue weighted by molar-refractivity contribution is 5.38. The molecule has 3 nitrogen and oxygen atoms in total. The third-order valence-electron chi connectivity index (χ3n) is 2.21. The summed E-state index contributed by atoms with van der Waals surface area (Å²) < 4.78 is 0. The summed E-state index contributed by atoms with van der Waals surface area (Å²) in [5.41, 5.74) is 0.566. The van der Waals surface area contributed by atoms with Gasteiger partial charge in [-0.25, -0.2) is 0 Å². The van der Waals surface area contributed by atoms with Gasteiger partial charge in [-0.05, 0) is 26.2 Å². The highest BCUT2D eigenvalue weighted by Crippen LogP contribution is 2.16. The molecule has 0 atom stereocenters. The van der Waals surface area contributed by atoms with E-state index in [0.717, 1.165) is 12.0 Å². The lowest BCUT2D eigenvalue weighted by atomic mass is 9.97. The smallest absolute Gasteiger partial charge is 0.0988 e. The van der Waals surface area contributed by atoms with Crippen LogP contribution in [0.25, 0.3) is 0 Å². The van der Waals surface area contributed by atoms with E-state index in [0.29, 0.717) is 0 Å². The van der Waals surface area contributed by atoms with Crippen molar-refractivity contribution in [3.05, 3.63) is 23.8 Å². The summed E-state index contributed by atoms with van der Waals surface area (Å²) in [6.45, 7) is 0. The van der Waals surface area contributed by atoms with Crippen LogP contribution in [0.3, 0.4) is 0 Å². The number of allylic oxidation sites excluding steroid dienone is 2. The molecule has 0 unspecified atom stereocenters. The first-order valence-electron chi connectivity index (χ1n) is 3.93. The van der Waals surface area contributed by atoms with Crippen LogP contribution in [0.4, 0.5) is 0 Å². The van der Waals surface area contributed by atoms with E-state index in [1.165, 1.54) is 0 Å². The molecule has 1 rings (SSSR count). The van der Waals surface area contributed by atoms with Crippen molar-refractivity contribution < 1.29 is 0 Å². The van der Waals surface area contributed by atoms with E-state index in [9.17, 15) is 0 Å². The quantitative estimate of drug-likeness (QED) is 0.584. The van der Waals surface area contributed by atoms with Crippen LogP contribution in [0.5, 0.6) is 0 Å². The molecule has 12 heavy (non-hydrogen) atoms. The number of nitriles is 1. The SMILES string of the molecule is CNC1(NC)C=CC(C#N)=CC1. The lowest BCUT2D eigenvalue weighted by Crippen LogP contribution is -2.52. The zero-order valence-corrected chi connectivity index (χ0v) is 7.39. The maximum Gasteiger partial charge on any atom is 0.0988 e. The normalized spacial score (nSPS) is 19.9. The van der Waals surface area contributed by atoms with Crippen LogP contribution in [0.2, 0.25) is 0 Å². The second-order valence-corrected chi connectivity index (χ2v) is 2.78. The summed E-state index contributed by atoms with van der Waals surface area (Å²) in [7, 11) is 3.79. The third-order valence-corrected chi connectivity index (χ3v) is 2.21. The second kappa shape index (κ2) is 3.53. The largest absolute Gasteiger partial charge is 0.299 e. The Hall–Kier alpha value is -1.11. The van der Waals surface area contributed by atoms with Gasteiger partial charge in [-0.2, -0.15) is 5.26 Å². The zero-order valence-electron chi connectivity index (χ0n) is 7.39. The van der Waals surface area contributed by atoms with Crippen molar-refractivity contribution in [1.29, 1.82) is 5.26 Å². The molecule has 0 aromatic rings. The molecule has 64 valence electrons. The van der Waals surface area contributed by atoms with Crippen molar-refractivity contribution in [1.82, 2.24) is 10.6 Å². The van der Waals surface area contributed by atoms with Gasteiger partial charge in [-0.3, -0.25) is 10.6 Å². The van der Waals surface area contributed by atoms with E-state index in [-0.39, 0.29) is 5.66 Å². The summed E-state index contributed by atoms with van der Waals surface area (Å²) in [5.74, 6) is 0. The maximum absolute atomic E-state index is 8.60. The van der Waals surface area contributed by atoms with Crippen molar-refractivity contribution >= 4 is 0 Å². The fraction of sp³-hybridized carbons (Fsp3) is 0.444. The Kier molecular flexibility index (Phi) is 2.64. The Bertz CT molecular complexity index is 253. The highest BCUT2D eigenvalue weighted by atomic mass is 15.2. The Labute approximate surface area is 72.8 Å². The summed E-state index contributed by atoms with van der Waals surface area (Å²) in [6, 6.07) is 2.11. The van der Waals surface area contributed by atoms with Gasteiger partial charge in [0.15, 0.2) is 0 Å². The van der Waals surface area contributed by atoms with Crippen LogP contribution >= 0.6 is 0 Å². The molecule has 0 radical (unpaired) electrons. The molecule has 2 N–H and O–H groups in total. The van der Waals surface area contributed by atoms with Crippen LogP contribution in [-0.4, -0.2) is 19.8 Å². The van der Waals surface area contributed by atoms with Gasteiger partial charge in [0.1, 0.15) is 0 Å². The molecule has 0 saturated heterocycles. The Morgan fingerprint density at radius 3 is 2.50 bits per heavy atom. The highest BCUT2D eigenvalue weighted by Gasteiger charge is 2.23. The van der Waals surface area contributed by atoms with Gasteiger partial charge in [-0.15, -0.1) is 0 Å². The molecule has 0 spiro atoms. The lowest BCUT2D eigenvalue weighted by molar-refractivity contribution is 0.376. The molecule has 0 aromatic heterocycles. The fourth-order valence-electron chi connectivity index (χ4n) is 1.22. The zero-order chi connectivity index (χ0) is 9.03. The maximum atomic E-state index is 8.60. The van der Waals surface area contributed by atoms with Crippen molar-refractivity contribution in [3.8, 4) is 6.07 Å². The minimum Gasteiger partial charge on any atom is -0.299 e. The molecule has 0 fully saturated rings. The molecular weight excluding hydrogens is 150 g/mol. The van der Waals surface area contributed by atoms with Gasteiger partial charge >= 0.3 is 0 Å². The summed E-state index contributed by atoms with van der Waals surface area (Å²) in [4.78, 5) is 0. The third kappa shape index (κ3) is 1.55. The summed E-state index contributed by atoms with van der Waals surface area (Å²) >= 11 is 0. The molecule has 1 aliphatic carbocycles. The van der Waals surface area contributed by atoms with Crippen molar-refractivity contribution in [2.75, 3.05) is 14.1 Å². The van der Waals surface area contributed by atoms with E-state index in [2.05, 4.69) is 16.7 Å². The molecule has 0 bridgehead atoms. The van der Waals surface area contributed by atoms with Crippen LogP contribution in [0.15, 0.2) is 23.8 Å². The van der Waals surface area contributed by atoms with E-state index in [4.69, 9.17) is 5.26 Å². The predicted octanol–water partition coefficient (Wildman–Crippen LogP) is 0.531. The number of rotatable bonds is 2. The van der Waals surface area contributed by atoms with Crippen molar-refractivity contribution in [2.24, 2.45) is 0 Å². The lowest BCUT2D eigenvalue weighted by Gasteiger charge is -2.30. The number of nitrogens with zero attached hydrogens (tertiary/aromatic N) is 1. The molecule has 0 aliphatic heterocycles. The molecule has 0 aromatic carbocycles. The van der Waals surface area contributed by atoms with Crippen molar-refractivity contribution in [3.63, 3.8) is 0 Å². The molecule has 0 amide bonds. The van der Waals surface area contributed by atoms with E-state index in [1.807, 2.05) is 32.3 Å². The Morgan fingerprint density at radius 2 is 2.17 bits per heavy atom. The first-order valence-corrected chi connectivity index (χ1v) is 3.93. The average molecular weight is 163 g/mol. The van der Waals surface area contributed by atoms with Gasteiger partial charge < -0.3 is 0 Å². The number of likely N-dealkylation sites (N-methyl/N-ethyl adjacent to an activating group) is 2. The summed E-state index contributed by atoms with van der Waals surface area (Å²) in [6.07, 6.45) is 6.54. The van der Waals surface area contributed by atoms with Gasteiger partial charge in [0, 0.05) is 12.0 Å². The molecular formula is C9H13N3. The minimum atomic E-state index is -0.166. The second-order valence-electron chi connectivity index (χ2n) is 2.78. The van der Waals surface area contributed by atoms with Gasteiger partial charge in [0.05, 0.1) is 11.7 Å². The monoisotopic (exact) mass is 163 g/mol. The molecule has 0 saturated carbocycles. The number of nitrogens with one attached hydrogen (secondary N) is 2. The van der Waals surface area contributed by atoms with E-state index in [1.54, 1.807) is 0 Å². The van der Waals surface area contributed by atoms with Crippen LogP contribution in [0, 0.1) is 11.3 Å². The summed E-state index contributed by atoms with van der Waals surface area (Å²) in [5, 5.41) is 14.9.